The number of hydrogen-bond acceptors (Lipinski definition) is 3. The van der Waals surface area contributed by atoms with Gasteiger partial charge in [-0.15, -0.1) is 0 Å². The summed E-state index contributed by atoms with van der Waals surface area (Å²) in [7, 11) is 0. The van der Waals surface area contributed by atoms with E-state index in [0.29, 0.717) is 12.6 Å². The number of ether oxygens (including phenoxy) is 1. The molecular weight excluding hydrogens is 250 g/mol. The highest BCUT2D eigenvalue weighted by Gasteiger charge is 2.08. The minimum Gasteiger partial charge on any atom is -0.488 e. The number of rotatable bonds is 6. The van der Waals surface area contributed by atoms with Crippen molar-refractivity contribution >= 4 is 0 Å². The molecule has 0 saturated heterocycles. The SMILES string of the molecule is Cc1ccc(C)c(OCc2ccoc2CNC(C)C)c1. The van der Waals surface area contributed by atoms with Crippen molar-refractivity contribution in [1.29, 1.82) is 0 Å². The van der Waals surface area contributed by atoms with Crippen molar-refractivity contribution in [2.75, 3.05) is 0 Å². The van der Waals surface area contributed by atoms with Crippen LogP contribution in [0.5, 0.6) is 5.75 Å². The average molecular weight is 273 g/mol. The summed E-state index contributed by atoms with van der Waals surface area (Å²) in [6.07, 6.45) is 1.72. The molecule has 108 valence electrons. The lowest BCUT2D eigenvalue weighted by Crippen LogP contribution is -2.22. The molecule has 2 rings (SSSR count). The van der Waals surface area contributed by atoms with Gasteiger partial charge in [0.05, 0.1) is 12.8 Å². The molecule has 20 heavy (non-hydrogen) atoms. The van der Waals surface area contributed by atoms with Crippen molar-refractivity contribution in [3.05, 3.63) is 53.0 Å². The molecule has 0 unspecified atom stereocenters. The second-order valence-electron chi connectivity index (χ2n) is 5.46. The zero-order chi connectivity index (χ0) is 14.5. The van der Waals surface area contributed by atoms with Gasteiger partial charge in [-0.25, -0.2) is 0 Å². The molecular formula is C17H23NO2. The van der Waals surface area contributed by atoms with Crippen LogP contribution >= 0.6 is 0 Å². The van der Waals surface area contributed by atoms with Crippen LogP contribution in [0.25, 0.3) is 0 Å². The molecule has 1 heterocycles. The van der Waals surface area contributed by atoms with E-state index in [1.165, 1.54) is 5.56 Å². The van der Waals surface area contributed by atoms with Gasteiger partial charge in [0, 0.05) is 11.6 Å². The zero-order valence-corrected chi connectivity index (χ0v) is 12.7. The lowest BCUT2D eigenvalue weighted by atomic mass is 10.1. The first kappa shape index (κ1) is 14.7. The van der Waals surface area contributed by atoms with Crippen LogP contribution < -0.4 is 10.1 Å². The number of aryl methyl sites for hydroxylation is 2. The first-order valence-electron chi connectivity index (χ1n) is 7.05. The maximum atomic E-state index is 5.92. The Morgan fingerprint density at radius 3 is 2.75 bits per heavy atom. The van der Waals surface area contributed by atoms with E-state index in [0.717, 1.165) is 29.2 Å². The van der Waals surface area contributed by atoms with Gasteiger partial charge in [0.25, 0.3) is 0 Å². The fraction of sp³-hybridized carbons (Fsp3) is 0.412. The predicted octanol–water partition coefficient (Wildman–Crippen LogP) is 3.97. The molecule has 1 aromatic carbocycles. The van der Waals surface area contributed by atoms with E-state index < -0.39 is 0 Å². The van der Waals surface area contributed by atoms with Gasteiger partial charge in [-0.3, -0.25) is 0 Å². The highest BCUT2D eigenvalue weighted by molar-refractivity contribution is 5.36. The first-order chi connectivity index (χ1) is 9.56. The molecule has 0 radical (unpaired) electrons. The fourth-order valence-corrected chi connectivity index (χ4v) is 1.97. The number of hydrogen-bond donors (Lipinski definition) is 1. The highest BCUT2D eigenvalue weighted by atomic mass is 16.5. The Bertz CT molecular complexity index is 558. The van der Waals surface area contributed by atoms with Gasteiger partial charge in [-0.2, -0.15) is 0 Å². The minimum atomic E-state index is 0.438. The second kappa shape index (κ2) is 6.62. The summed E-state index contributed by atoms with van der Waals surface area (Å²) in [6, 6.07) is 8.66. The average Bonchev–Trinajstić information content (AvgIpc) is 2.85. The molecule has 0 aliphatic heterocycles. The smallest absolute Gasteiger partial charge is 0.124 e. The Kier molecular flexibility index (Phi) is 4.85. The molecule has 0 saturated carbocycles. The van der Waals surface area contributed by atoms with Crippen LogP contribution in [0.4, 0.5) is 0 Å². The third-order valence-corrected chi connectivity index (χ3v) is 3.24. The summed E-state index contributed by atoms with van der Waals surface area (Å²) < 4.78 is 11.4. The van der Waals surface area contributed by atoms with Gasteiger partial charge < -0.3 is 14.5 Å². The van der Waals surface area contributed by atoms with Crippen molar-refractivity contribution in [2.45, 2.75) is 46.9 Å². The van der Waals surface area contributed by atoms with Gasteiger partial charge in [0.15, 0.2) is 0 Å². The summed E-state index contributed by atoms with van der Waals surface area (Å²) in [4.78, 5) is 0. The summed E-state index contributed by atoms with van der Waals surface area (Å²) >= 11 is 0. The Morgan fingerprint density at radius 1 is 1.20 bits per heavy atom. The first-order valence-corrected chi connectivity index (χ1v) is 7.05. The molecule has 3 heteroatoms. The molecule has 0 atom stereocenters. The van der Waals surface area contributed by atoms with E-state index >= 15 is 0 Å². The molecule has 0 spiro atoms. The third kappa shape index (κ3) is 3.87. The molecule has 0 bridgehead atoms. The van der Waals surface area contributed by atoms with E-state index in [1.54, 1.807) is 6.26 Å². The third-order valence-electron chi connectivity index (χ3n) is 3.24. The van der Waals surface area contributed by atoms with Crippen LogP contribution in [0.15, 0.2) is 34.9 Å². The maximum Gasteiger partial charge on any atom is 0.124 e. The largest absolute Gasteiger partial charge is 0.488 e. The predicted molar refractivity (Wildman–Crippen MR) is 80.9 cm³/mol. The van der Waals surface area contributed by atoms with Gasteiger partial charge in [-0.05, 0) is 37.1 Å². The number of nitrogens with one attached hydrogen (secondary N) is 1. The standard InChI is InChI=1S/C17H23NO2/c1-12(2)18-10-17-15(7-8-19-17)11-20-16-9-13(3)5-6-14(16)4/h5-9,12,18H,10-11H2,1-4H3. The van der Waals surface area contributed by atoms with E-state index in [4.69, 9.17) is 9.15 Å². The Hall–Kier alpha value is -1.74. The lowest BCUT2D eigenvalue weighted by molar-refractivity contribution is 0.298. The molecule has 3 nitrogen and oxygen atoms in total. The molecule has 0 amide bonds. The molecule has 1 N–H and O–H groups in total. The van der Waals surface area contributed by atoms with Crippen molar-refractivity contribution in [3.8, 4) is 5.75 Å². The van der Waals surface area contributed by atoms with E-state index in [1.807, 2.05) is 6.07 Å². The van der Waals surface area contributed by atoms with Gasteiger partial charge in [0.2, 0.25) is 0 Å². The summed E-state index contributed by atoms with van der Waals surface area (Å²) in [5.41, 5.74) is 3.46. The normalized spacial score (nSPS) is 11.1. The van der Waals surface area contributed by atoms with Crippen LogP contribution in [0.3, 0.4) is 0 Å². The number of benzene rings is 1. The van der Waals surface area contributed by atoms with Crippen molar-refractivity contribution in [3.63, 3.8) is 0 Å². The summed E-state index contributed by atoms with van der Waals surface area (Å²) in [5.74, 6) is 1.89. The fourth-order valence-electron chi connectivity index (χ4n) is 1.97. The Labute approximate surface area is 121 Å². The van der Waals surface area contributed by atoms with Crippen LogP contribution in [-0.2, 0) is 13.2 Å². The van der Waals surface area contributed by atoms with E-state index in [9.17, 15) is 0 Å². The monoisotopic (exact) mass is 273 g/mol. The van der Waals surface area contributed by atoms with Crippen molar-refractivity contribution in [1.82, 2.24) is 5.32 Å². The molecule has 1 aromatic heterocycles. The van der Waals surface area contributed by atoms with E-state index in [2.05, 4.69) is 51.2 Å². The second-order valence-corrected chi connectivity index (χ2v) is 5.46. The Balaban J connectivity index is 2.00. The van der Waals surface area contributed by atoms with Gasteiger partial charge >= 0.3 is 0 Å². The summed E-state index contributed by atoms with van der Waals surface area (Å²) in [6.45, 7) is 9.64. The van der Waals surface area contributed by atoms with Gasteiger partial charge in [-0.1, -0.05) is 26.0 Å². The van der Waals surface area contributed by atoms with Crippen LogP contribution in [-0.4, -0.2) is 6.04 Å². The molecule has 2 aromatic rings. The zero-order valence-electron chi connectivity index (χ0n) is 12.7. The number of furan rings is 1. The highest BCUT2D eigenvalue weighted by Crippen LogP contribution is 2.21. The molecule has 0 fully saturated rings. The minimum absolute atomic E-state index is 0.438. The maximum absolute atomic E-state index is 5.92. The van der Waals surface area contributed by atoms with Gasteiger partial charge in [0.1, 0.15) is 18.1 Å². The van der Waals surface area contributed by atoms with Crippen LogP contribution in [0.1, 0.15) is 36.3 Å². The van der Waals surface area contributed by atoms with Crippen LogP contribution in [0.2, 0.25) is 0 Å². The topological polar surface area (TPSA) is 34.4 Å². The van der Waals surface area contributed by atoms with Crippen molar-refractivity contribution in [2.24, 2.45) is 0 Å². The summed E-state index contributed by atoms with van der Waals surface area (Å²) in [5, 5.41) is 3.36. The molecule has 0 aliphatic rings. The Morgan fingerprint density at radius 2 is 2.00 bits per heavy atom. The lowest BCUT2D eigenvalue weighted by Gasteiger charge is -2.11. The van der Waals surface area contributed by atoms with Crippen LogP contribution in [0, 0.1) is 13.8 Å². The molecule has 0 aliphatic carbocycles. The quantitative estimate of drug-likeness (QED) is 0.864. The van der Waals surface area contributed by atoms with Crippen molar-refractivity contribution < 1.29 is 9.15 Å². The van der Waals surface area contributed by atoms with E-state index in [-0.39, 0.29) is 0 Å².